The average molecular weight is 560 g/mol. The van der Waals surface area contributed by atoms with Gasteiger partial charge in [-0.05, 0) is 96.9 Å². The summed E-state index contributed by atoms with van der Waals surface area (Å²) in [5.41, 5.74) is 5.41. The molecular weight excluding hydrogens is 535 g/mol. The minimum absolute atomic E-state index is 0.00961. The first-order valence-electron chi connectivity index (χ1n) is 12.2. The van der Waals surface area contributed by atoms with Gasteiger partial charge in [-0.15, -0.1) is 0 Å². The average Bonchev–Trinajstić information content (AvgIpc) is 2.86. The molecule has 35 heavy (non-hydrogen) atoms. The van der Waals surface area contributed by atoms with Gasteiger partial charge in [0.2, 0.25) is 0 Å². The van der Waals surface area contributed by atoms with Gasteiger partial charge in [-0.3, -0.25) is 0 Å². The van der Waals surface area contributed by atoms with Gasteiger partial charge >= 0.3 is 0 Å². The molecule has 0 saturated heterocycles. The lowest BCUT2D eigenvalue weighted by atomic mass is 9.82. The van der Waals surface area contributed by atoms with Crippen molar-refractivity contribution >= 4 is 76.5 Å². The van der Waals surface area contributed by atoms with Gasteiger partial charge in [0.15, 0.2) is 0 Å². The molecule has 0 spiro atoms. The Labute approximate surface area is 219 Å². The van der Waals surface area contributed by atoms with Crippen LogP contribution in [-0.4, -0.2) is 0 Å². The molecule has 0 aliphatic heterocycles. The molecule has 0 nitrogen and oxygen atoms in total. The lowest BCUT2D eigenvalue weighted by Crippen LogP contribution is -2.09. The fraction of sp³-hybridized carbons (Fsp3) is 0.118. The summed E-state index contributed by atoms with van der Waals surface area (Å²) in [4.78, 5) is 0. The summed E-state index contributed by atoms with van der Waals surface area (Å²) >= 11 is 2.60. The molecule has 7 aromatic carbocycles. The van der Waals surface area contributed by atoms with E-state index in [4.69, 9.17) is 0 Å². The molecule has 168 valence electrons. The largest absolute Gasteiger partial charge is 0.0742 e. The van der Waals surface area contributed by atoms with E-state index in [-0.39, 0.29) is 3.42 Å². The van der Waals surface area contributed by atoms with Crippen molar-refractivity contribution < 1.29 is 0 Å². The number of alkyl halides is 1. The lowest BCUT2D eigenvalue weighted by molar-refractivity contribution is 0.844. The first-order chi connectivity index (χ1) is 16.9. The highest BCUT2D eigenvalue weighted by Gasteiger charge is 2.25. The predicted octanol–water partition coefficient (Wildman–Crippen LogP) is 10.5. The van der Waals surface area contributed by atoms with Crippen LogP contribution in [0.5, 0.6) is 0 Å². The van der Waals surface area contributed by atoms with Crippen LogP contribution in [0.1, 0.15) is 25.0 Å². The summed E-state index contributed by atoms with van der Waals surface area (Å²) in [6.07, 6.45) is 0. The van der Waals surface area contributed by atoms with Crippen molar-refractivity contribution in [3.05, 3.63) is 108 Å². The fourth-order valence-electron chi connectivity index (χ4n) is 6.22. The van der Waals surface area contributed by atoms with Crippen LogP contribution in [0.2, 0.25) is 0 Å². The van der Waals surface area contributed by atoms with Crippen molar-refractivity contribution in [3.63, 3.8) is 0 Å². The van der Waals surface area contributed by atoms with Crippen LogP contribution in [0.4, 0.5) is 0 Å². The summed E-state index contributed by atoms with van der Waals surface area (Å²) < 4.78 is 0.00961. The third-order valence-corrected chi connectivity index (χ3v) is 8.22. The highest BCUT2D eigenvalue weighted by atomic mass is 127. The first-order valence-corrected chi connectivity index (χ1v) is 13.3. The van der Waals surface area contributed by atoms with Crippen LogP contribution in [0.25, 0.3) is 65.0 Å². The van der Waals surface area contributed by atoms with Gasteiger partial charge in [-0.25, -0.2) is 0 Å². The van der Waals surface area contributed by atoms with E-state index in [0.717, 1.165) is 0 Å². The van der Waals surface area contributed by atoms with Crippen molar-refractivity contribution in [3.8, 4) is 11.1 Å². The Morgan fingerprint density at radius 1 is 0.514 bits per heavy atom. The second kappa shape index (κ2) is 7.41. The number of benzene rings is 7. The Hall–Kier alpha value is -3.17. The quantitative estimate of drug-likeness (QED) is 0.0854. The molecule has 0 amide bonds. The number of aryl methyl sites for hydroxylation is 1. The Morgan fingerprint density at radius 3 is 1.60 bits per heavy atom. The van der Waals surface area contributed by atoms with E-state index < -0.39 is 0 Å². The zero-order valence-corrected chi connectivity index (χ0v) is 22.3. The molecule has 7 rings (SSSR count). The van der Waals surface area contributed by atoms with Crippen LogP contribution >= 0.6 is 22.6 Å². The van der Waals surface area contributed by atoms with Crippen molar-refractivity contribution in [2.24, 2.45) is 0 Å². The third kappa shape index (κ3) is 2.97. The van der Waals surface area contributed by atoms with Gasteiger partial charge in [0.05, 0.1) is 0 Å². The second-order valence-corrected chi connectivity index (χ2v) is 12.9. The van der Waals surface area contributed by atoms with E-state index in [9.17, 15) is 0 Å². The fourth-order valence-corrected chi connectivity index (χ4v) is 6.81. The van der Waals surface area contributed by atoms with Gasteiger partial charge in [0, 0.05) is 3.42 Å². The Morgan fingerprint density at radius 2 is 1.00 bits per heavy atom. The van der Waals surface area contributed by atoms with Crippen molar-refractivity contribution in [2.45, 2.75) is 24.2 Å². The molecule has 0 saturated carbocycles. The SMILES string of the molecule is Cc1ccc2ccc3c(-c4c5ccccc5c(C(C)(C)I)c5ccccc45)ccc4ccc1c2c43. The van der Waals surface area contributed by atoms with Gasteiger partial charge in [0.1, 0.15) is 0 Å². The van der Waals surface area contributed by atoms with E-state index in [1.807, 2.05) is 0 Å². The molecule has 0 aromatic heterocycles. The minimum atomic E-state index is 0.00961. The van der Waals surface area contributed by atoms with Gasteiger partial charge in [-0.1, -0.05) is 120 Å². The van der Waals surface area contributed by atoms with E-state index in [1.165, 1.54) is 76.1 Å². The zero-order valence-electron chi connectivity index (χ0n) is 20.1. The molecule has 0 N–H and O–H groups in total. The number of hydrogen-bond donors (Lipinski definition) is 0. The zero-order chi connectivity index (χ0) is 23.9. The number of hydrogen-bond acceptors (Lipinski definition) is 0. The summed E-state index contributed by atoms with van der Waals surface area (Å²) in [5.74, 6) is 0. The van der Waals surface area contributed by atoms with Crippen molar-refractivity contribution in [2.75, 3.05) is 0 Å². The molecule has 0 atom stereocenters. The smallest absolute Gasteiger partial charge is 0.0426 e. The number of rotatable bonds is 2. The van der Waals surface area contributed by atoms with Gasteiger partial charge in [-0.2, -0.15) is 0 Å². The molecule has 0 heterocycles. The summed E-state index contributed by atoms with van der Waals surface area (Å²) in [6.45, 7) is 6.86. The molecule has 0 radical (unpaired) electrons. The number of fused-ring (bicyclic) bond motifs is 2. The van der Waals surface area contributed by atoms with Crippen molar-refractivity contribution in [1.82, 2.24) is 0 Å². The van der Waals surface area contributed by atoms with Crippen molar-refractivity contribution in [1.29, 1.82) is 0 Å². The number of halogens is 1. The van der Waals surface area contributed by atoms with E-state index >= 15 is 0 Å². The summed E-state index contributed by atoms with van der Waals surface area (Å²) in [5, 5.41) is 13.5. The van der Waals surface area contributed by atoms with Crippen LogP contribution in [0, 0.1) is 6.92 Å². The topological polar surface area (TPSA) is 0 Å². The van der Waals surface area contributed by atoms with Gasteiger partial charge < -0.3 is 0 Å². The Balaban J connectivity index is 1.72. The third-order valence-electron chi connectivity index (χ3n) is 7.68. The standard InChI is InChI=1S/C34H25I/c1-20-12-13-21-15-18-26-27(19-16-22-14-17-23(20)30(21)31(22)26)32-24-8-4-6-10-28(24)33(34(2,3)35)29-11-7-5-9-25(29)32/h4-19H,1-3H3. The maximum atomic E-state index is 2.60. The molecule has 0 aliphatic carbocycles. The molecular formula is C34H25I. The monoisotopic (exact) mass is 560 g/mol. The molecule has 1 heteroatoms. The first kappa shape index (κ1) is 21.1. The van der Waals surface area contributed by atoms with Gasteiger partial charge in [0.25, 0.3) is 0 Å². The Bertz CT molecular complexity index is 1880. The summed E-state index contributed by atoms with van der Waals surface area (Å²) in [7, 11) is 0. The highest BCUT2D eigenvalue weighted by molar-refractivity contribution is 14.1. The normalized spacial score (nSPS) is 12.6. The molecule has 0 aliphatic rings. The van der Waals surface area contributed by atoms with Crippen LogP contribution < -0.4 is 0 Å². The van der Waals surface area contributed by atoms with Crippen LogP contribution in [-0.2, 0) is 3.42 Å². The van der Waals surface area contributed by atoms with Crippen LogP contribution in [0.15, 0.2) is 97.1 Å². The highest BCUT2D eigenvalue weighted by Crippen LogP contribution is 2.48. The maximum absolute atomic E-state index is 2.60. The predicted molar refractivity (Wildman–Crippen MR) is 162 cm³/mol. The van der Waals surface area contributed by atoms with E-state index in [1.54, 1.807) is 0 Å². The van der Waals surface area contributed by atoms with Crippen LogP contribution in [0.3, 0.4) is 0 Å². The minimum Gasteiger partial charge on any atom is -0.0742 e. The molecule has 0 unspecified atom stereocenters. The Kier molecular flexibility index (Phi) is 4.48. The lowest BCUT2D eigenvalue weighted by Gasteiger charge is -2.25. The molecule has 0 bridgehead atoms. The van der Waals surface area contributed by atoms with E-state index in [2.05, 4.69) is 140 Å². The van der Waals surface area contributed by atoms with E-state index in [0.29, 0.717) is 0 Å². The summed E-state index contributed by atoms with van der Waals surface area (Å²) in [6, 6.07) is 36.4. The maximum Gasteiger partial charge on any atom is 0.0426 e. The molecule has 0 fully saturated rings. The second-order valence-electron chi connectivity index (χ2n) is 10.2. The molecule has 7 aromatic rings.